The molecule has 0 unspecified atom stereocenters. The van der Waals surface area contributed by atoms with Gasteiger partial charge < -0.3 is 15.1 Å². The summed E-state index contributed by atoms with van der Waals surface area (Å²) in [7, 11) is 0. The first-order chi connectivity index (χ1) is 10.3. The van der Waals surface area contributed by atoms with Crippen molar-refractivity contribution in [2.45, 2.75) is 38.1 Å². The lowest BCUT2D eigenvalue weighted by Gasteiger charge is -2.32. The maximum atomic E-state index is 10.7. The van der Waals surface area contributed by atoms with Gasteiger partial charge in [-0.3, -0.25) is 4.79 Å². The maximum absolute atomic E-state index is 10.7. The number of anilines is 2. The monoisotopic (exact) mass is 290 g/mol. The standard InChI is InChI=1S/C14H22N6O/c21-11-19-6-8-20(9-7-19)14-17-13(10-15-18-14)16-12-4-2-1-3-5-12/h10-12H,1-9H2,(H,16,17,18). The Hall–Kier alpha value is -1.92. The van der Waals surface area contributed by atoms with Crippen LogP contribution in [0.1, 0.15) is 32.1 Å². The van der Waals surface area contributed by atoms with Crippen molar-refractivity contribution in [3.63, 3.8) is 0 Å². The van der Waals surface area contributed by atoms with Crippen LogP contribution in [0, 0.1) is 0 Å². The fourth-order valence-corrected chi connectivity index (χ4v) is 2.98. The third kappa shape index (κ3) is 3.59. The Morgan fingerprint density at radius 1 is 1.14 bits per heavy atom. The summed E-state index contributed by atoms with van der Waals surface area (Å²) in [5.41, 5.74) is 0. The van der Waals surface area contributed by atoms with Crippen LogP contribution in [0.4, 0.5) is 11.8 Å². The molecule has 7 heteroatoms. The summed E-state index contributed by atoms with van der Waals surface area (Å²) in [5, 5.41) is 11.7. The molecule has 1 aliphatic carbocycles. The molecular formula is C14H22N6O. The molecule has 1 amide bonds. The minimum Gasteiger partial charge on any atom is -0.366 e. The lowest BCUT2D eigenvalue weighted by atomic mass is 9.96. The van der Waals surface area contributed by atoms with Crippen molar-refractivity contribution in [2.24, 2.45) is 0 Å². The zero-order valence-corrected chi connectivity index (χ0v) is 12.2. The first-order valence-corrected chi connectivity index (χ1v) is 7.76. The third-order valence-electron chi connectivity index (χ3n) is 4.25. The zero-order chi connectivity index (χ0) is 14.5. The van der Waals surface area contributed by atoms with Gasteiger partial charge in [-0.25, -0.2) is 0 Å². The first kappa shape index (κ1) is 14.0. The largest absolute Gasteiger partial charge is 0.366 e. The molecule has 2 fully saturated rings. The van der Waals surface area contributed by atoms with Crippen LogP contribution in [-0.2, 0) is 4.79 Å². The molecule has 2 aliphatic rings. The number of nitrogens with zero attached hydrogens (tertiary/aromatic N) is 5. The van der Waals surface area contributed by atoms with Crippen molar-refractivity contribution in [2.75, 3.05) is 36.4 Å². The highest BCUT2D eigenvalue weighted by molar-refractivity contribution is 5.48. The minimum atomic E-state index is 0.509. The van der Waals surface area contributed by atoms with Gasteiger partial charge in [-0.2, -0.15) is 10.1 Å². The van der Waals surface area contributed by atoms with Crippen LogP contribution in [-0.4, -0.2) is 58.7 Å². The van der Waals surface area contributed by atoms with Crippen LogP contribution in [0.25, 0.3) is 0 Å². The van der Waals surface area contributed by atoms with E-state index < -0.39 is 0 Å². The van der Waals surface area contributed by atoms with Gasteiger partial charge >= 0.3 is 0 Å². The molecular weight excluding hydrogens is 268 g/mol. The molecule has 21 heavy (non-hydrogen) atoms. The summed E-state index contributed by atoms with van der Waals surface area (Å²) >= 11 is 0. The Balaban J connectivity index is 1.61. The van der Waals surface area contributed by atoms with E-state index >= 15 is 0 Å². The van der Waals surface area contributed by atoms with Crippen LogP contribution < -0.4 is 10.2 Å². The summed E-state index contributed by atoms with van der Waals surface area (Å²) in [5.74, 6) is 1.46. The van der Waals surface area contributed by atoms with Crippen molar-refractivity contribution >= 4 is 18.2 Å². The number of hydrogen-bond donors (Lipinski definition) is 1. The summed E-state index contributed by atoms with van der Waals surface area (Å²) < 4.78 is 0. The lowest BCUT2D eigenvalue weighted by Crippen LogP contribution is -2.46. The molecule has 7 nitrogen and oxygen atoms in total. The number of amides is 1. The zero-order valence-electron chi connectivity index (χ0n) is 12.2. The van der Waals surface area contributed by atoms with E-state index in [9.17, 15) is 4.79 Å². The molecule has 1 aromatic rings. The van der Waals surface area contributed by atoms with Crippen LogP contribution in [0.2, 0.25) is 0 Å². The summed E-state index contributed by atoms with van der Waals surface area (Å²) in [6.45, 7) is 2.95. The van der Waals surface area contributed by atoms with E-state index in [2.05, 4.69) is 25.4 Å². The molecule has 3 rings (SSSR count). The smallest absolute Gasteiger partial charge is 0.247 e. The summed E-state index contributed by atoms with van der Waals surface area (Å²) in [6, 6.07) is 0.509. The SMILES string of the molecule is O=CN1CCN(c2nncc(NC3CCCCC3)n2)CC1. The average Bonchev–Trinajstić information content (AvgIpc) is 2.56. The van der Waals surface area contributed by atoms with Crippen LogP contribution >= 0.6 is 0 Å². The molecule has 0 spiro atoms. The molecule has 0 atom stereocenters. The molecule has 1 N–H and O–H groups in total. The van der Waals surface area contributed by atoms with Crippen LogP contribution in [0.3, 0.4) is 0 Å². The molecule has 1 saturated carbocycles. The maximum Gasteiger partial charge on any atom is 0.247 e. The predicted octanol–water partition coefficient (Wildman–Crippen LogP) is 0.895. The number of aromatic nitrogens is 3. The minimum absolute atomic E-state index is 0.509. The van der Waals surface area contributed by atoms with Gasteiger partial charge in [0.15, 0.2) is 5.82 Å². The van der Waals surface area contributed by atoms with Crippen molar-refractivity contribution in [1.82, 2.24) is 20.1 Å². The number of hydrogen-bond acceptors (Lipinski definition) is 6. The third-order valence-corrected chi connectivity index (χ3v) is 4.25. The molecule has 2 heterocycles. The lowest BCUT2D eigenvalue weighted by molar-refractivity contribution is -0.118. The molecule has 0 radical (unpaired) electrons. The quantitative estimate of drug-likeness (QED) is 0.830. The van der Waals surface area contributed by atoms with Gasteiger partial charge in [-0.1, -0.05) is 19.3 Å². The molecule has 1 aromatic heterocycles. The van der Waals surface area contributed by atoms with Crippen molar-refractivity contribution in [1.29, 1.82) is 0 Å². The highest BCUT2D eigenvalue weighted by atomic mass is 16.1. The number of rotatable bonds is 4. The topological polar surface area (TPSA) is 74.2 Å². The van der Waals surface area contributed by atoms with Crippen LogP contribution in [0.15, 0.2) is 6.20 Å². The molecule has 114 valence electrons. The second-order valence-electron chi connectivity index (χ2n) is 5.75. The van der Waals surface area contributed by atoms with E-state index in [4.69, 9.17) is 0 Å². The Morgan fingerprint density at radius 2 is 1.90 bits per heavy atom. The summed E-state index contributed by atoms with van der Waals surface area (Å²) in [4.78, 5) is 19.2. The van der Waals surface area contributed by atoms with Gasteiger partial charge in [0.2, 0.25) is 12.4 Å². The average molecular weight is 290 g/mol. The number of carbonyl (C=O) groups excluding carboxylic acids is 1. The fraction of sp³-hybridized carbons (Fsp3) is 0.714. The van der Waals surface area contributed by atoms with E-state index in [1.807, 2.05) is 0 Å². The highest BCUT2D eigenvalue weighted by Gasteiger charge is 2.19. The second-order valence-corrected chi connectivity index (χ2v) is 5.75. The van der Waals surface area contributed by atoms with Crippen molar-refractivity contribution in [3.05, 3.63) is 6.20 Å². The van der Waals surface area contributed by atoms with Gasteiger partial charge in [0.05, 0.1) is 6.20 Å². The van der Waals surface area contributed by atoms with E-state index in [0.29, 0.717) is 25.1 Å². The van der Waals surface area contributed by atoms with E-state index in [-0.39, 0.29) is 0 Å². The Labute approximate surface area is 124 Å². The number of piperazine rings is 1. The number of carbonyl (C=O) groups is 1. The van der Waals surface area contributed by atoms with Gasteiger partial charge in [-0.15, -0.1) is 5.10 Å². The normalized spacial score (nSPS) is 20.4. The van der Waals surface area contributed by atoms with Crippen LogP contribution in [0.5, 0.6) is 0 Å². The Morgan fingerprint density at radius 3 is 2.62 bits per heavy atom. The van der Waals surface area contributed by atoms with E-state index in [1.54, 1.807) is 11.1 Å². The number of nitrogens with one attached hydrogen (secondary N) is 1. The fourth-order valence-electron chi connectivity index (χ4n) is 2.98. The predicted molar refractivity (Wildman–Crippen MR) is 80.2 cm³/mol. The molecule has 1 saturated heterocycles. The Bertz CT molecular complexity index is 468. The molecule has 0 aromatic carbocycles. The van der Waals surface area contributed by atoms with Gasteiger partial charge in [-0.05, 0) is 12.8 Å². The highest BCUT2D eigenvalue weighted by Crippen LogP contribution is 2.21. The first-order valence-electron chi connectivity index (χ1n) is 7.76. The second kappa shape index (κ2) is 6.69. The van der Waals surface area contributed by atoms with E-state index in [1.165, 1.54) is 32.1 Å². The van der Waals surface area contributed by atoms with Gasteiger partial charge in [0.25, 0.3) is 0 Å². The molecule has 1 aliphatic heterocycles. The van der Waals surface area contributed by atoms with E-state index in [0.717, 1.165) is 25.3 Å². The van der Waals surface area contributed by atoms with Crippen molar-refractivity contribution in [3.8, 4) is 0 Å². The van der Waals surface area contributed by atoms with Crippen molar-refractivity contribution < 1.29 is 4.79 Å². The summed E-state index contributed by atoms with van der Waals surface area (Å²) in [6.07, 6.45) is 8.92. The molecule has 0 bridgehead atoms. The Kier molecular flexibility index (Phi) is 4.47. The van der Waals surface area contributed by atoms with Gasteiger partial charge in [0, 0.05) is 32.2 Å². The van der Waals surface area contributed by atoms with Gasteiger partial charge in [0.1, 0.15) is 0 Å².